The van der Waals surface area contributed by atoms with Crippen LogP contribution in [-0.4, -0.2) is 41.0 Å². The first-order valence-corrected chi connectivity index (χ1v) is 6.99. The van der Waals surface area contributed by atoms with Crippen LogP contribution < -0.4 is 0 Å². The zero-order valence-electron chi connectivity index (χ0n) is 12.1. The number of likely N-dealkylation sites (tertiary alicyclic amines) is 1. The van der Waals surface area contributed by atoms with Crippen LogP contribution in [0.4, 0.5) is 4.79 Å². The van der Waals surface area contributed by atoms with E-state index in [9.17, 15) is 4.79 Å². The Balaban J connectivity index is 1.95. The molecule has 0 radical (unpaired) electrons. The van der Waals surface area contributed by atoms with E-state index in [2.05, 4.69) is 11.9 Å². The van der Waals surface area contributed by atoms with Crippen LogP contribution in [0.2, 0.25) is 0 Å². The molecule has 4 heteroatoms. The van der Waals surface area contributed by atoms with Crippen LogP contribution in [0.3, 0.4) is 0 Å². The maximum atomic E-state index is 12.4. The first-order chi connectivity index (χ1) is 9.06. The number of aryl methyl sites for hydroxylation is 1. The second-order valence-corrected chi connectivity index (χ2v) is 5.60. The molecule has 1 aromatic heterocycles. The molecular formula is C15H23N3O. The number of nitrogens with zero attached hydrogens (tertiary/aromatic N) is 3. The highest BCUT2D eigenvalue weighted by molar-refractivity contribution is 5.74. The van der Waals surface area contributed by atoms with Crippen molar-refractivity contribution < 1.29 is 4.79 Å². The van der Waals surface area contributed by atoms with E-state index in [-0.39, 0.29) is 6.03 Å². The summed E-state index contributed by atoms with van der Waals surface area (Å²) in [6.45, 7) is 6.52. The zero-order chi connectivity index (χ0) is 13.8. The summed E-state index contributed by atoms with van der Waals surface area (Å²) >= 11 is 0. The summed E-state index contributed by atoms with van der Waals surface area (Å²) in [6.07, 6.45) is 2.34. The van der Waals surface area contributed by atoms with Gasteiger partial charge in [0.1, 0.15) is 0 Å². The molecule has 0 spiro atoms. The number of piperidine rings is 1. The van der Waals surface area contributed by atoms with Crippen molar-refractivity contribution in [1.82, 2.24) is 14.8 Å². The van der Waals surface area contributed by atoms with Crippen LogP contribution in [0.15, 0.2) is 18.2 Å². The van der Waals surface area contributed by atoms with Crippen molar-refractivity contribution in [3.05, 3.63) is 29.6 Å². The number of rotatable bonds is 2. The summed E-state index contributed by atoms with van der Waals surface area (Å²) in [5.74, 6) is 0.614. The second kappa shape index (κ2) is 6.04. The van der Waals surface area contributed by atoms with E-state index in [0.717, 1.165) is 30.9 Å². The largest absolute Gasteiger partial charge is 0.324 e. The van der Waals surface area contributed by atoms with E-state index in [1.807, 2.05) is 37.1 Å². The van der Waals surface area contributed by atoms with Gasteiger partial charge < -0.3 is 9.80 Å². The van der Waals surface area contributed by atoms with E-state index in [0.29, 0.717) is 12.5 Å². The molecule has 2 rings (SSSR count). The standard InChI is InChI=1S/C15H23N3O/c1-12-6-5-9-18(10-12)15(19)17(3)11-14-8-4-7-13(2)16-14/h4,7-8,12H,5-6,9-11H2,1-3H3. The van der Waals surface area contributed by atoms with Gasteiger partial charge in [-0.15, -0.1) is 0 Å². The molecule has 2 heterocycles. The molecule has 1 aromatic rings. The normalized spacial score (nSPS) is 19.3. The van der Waals surface area contributed by atoms with Crippen molar-refractivity contribution in [1.29, 1.82) is 0 Å². The maximum absolute atomic E-state index is 12.4. The topological polar surface area (TPSA) is 36.4 Å². The Labute approximate surface area is 115 Å². The van der Waals surface area contributed by atoms with E-state index >= 15 is 0 Å². The van der Waals surface area contributed by atoms with Gasteiger partial charge in [0.05, 0.1) is 12.2 Å². The van der Waals surface area contributed by atoms with Gasteiger partial charge >= 0.3 is 6.03 Å². The molecule has 0 aliphatic carbocycles. The smallest absolute Gasteiger partial charge is 0.320 e. The van der Waals surface area contributed by atoms with E-state index < -0.39 is 0 Å². The Hall–Kier alpha value is -1.58. The monoisotopic (exact) mass is 261 g/mol. The van der Waals surface area contributed by atoms with Crippen molar-refractivity contribution in [2.75, 3.05) is 20.1 Å². The summed E-state index contributed by atoms with van der Waals surface area (Å²) < 4.78 is 0. The molecule has 2 amide bonds. The third-order valence-electron chi connectivity index (χ3n) is 3.60. The highest BCUT2D eigenvalue weighted by Crippen LogP contribution is 2.17. The van der Waals surface area contributed by atoms with Gasteiger partial charge in [-0.05, 0) is 37.8 Å². The second-order valence-electron chi connectivity index (χ2n) is 5.60. The molecule has 1 fully saturated rings. The van der Waals surface area contributed by atoms with Crippen molar-refractivity contribution in [2.45, 2.75) is 33.2 Å². The van der Waals surface area contributed by atoms with Crippen LogP contribution in [0.5, 0.6) is 0 Å². The van der Waals surface area contributed by atoms with E-state index in [1.54, 1.807) is 4.90 Å². The lowest BCUT2D eigenvalue weighted by Gasteiger charge is -2.34. The number of pyridine rings is 1. The highest BCUT2D eigenvalue weighted by Gasteiger charge is 2.23. The van der Waals surface area contributed by atoms with Crippen molar-refractivity contribution in [3.8, 4) is 0 Å². The van der Waals surface area contributed by atoms with Crippen LogP contribution in [0, 0.1) is 12.8 Å². The van der Waals surface area contributed by atoms with Gasteiger partial charge in [0.2, 0.25) is 0 Å². The summed E-state index contributed by atoms with van der Waals surface area (Å²) in [5.41, 5.74) is 1.94. The quantitative estimate of drug-likeness (QED) is 0.820. The third-order valence-corrected chi connectivity index (χ3v) is 3.60. The lowest BCUT2D eigenvalue weighted by molar-refractivity contribution is 0.137. The van der Waals surface area contributed by atoms with Crippen molar-refractivity contribution in [3.63, 3.8) is 0 Å². The fourth-order valence-electron chi connectivity index (χ4n) is 2.60. The molecule has 1 unspecified atom stereocenters. The lowest BCUT2D eigenvalue weighted by atomic mass is 10.0. The molecular weight excluding hydrogens is 238 g/mol. The lowest BCUT2D eigenvalue weighted by Crippen LogP contribution is -2.45. The van der Waals surface area contributed by atoms with Gasteiger partial charge in [-0.3, -0.25) is 4.98 Å². The maximum Gasteiger partial charge on any atom is 0.320 e. The molecule has 4 nitrogen and oxygen atoms in total. The van der Waals surface area contributed by atoms with Crippen LogP contribution in [0.1, 0.15) is 31.2 Å². The minimum absolute atomic E-state index is 0.120. The van der Waals surface area contributed by atoms with Gasteiger partial charge in [-0.1, -0.05) is 13.0 Å². The first kappa shape index (κ1) is 13.8. The van der Waals surface area contributed by atoms with E-state index in [4.69, 9.17) is 0 Å². The number of urea groups is 1. The number of carbonyl (C=O) groups excluding carboxylic acids is 1. The third kappa shape index (κ3) is 3.69. The van der Waals surface area contributed by atoms with Gasteiger partial charge in [-0.2, -0.15) is 0 Å². The minimum Gasteiger partial charge on any atom is -0.324 e. The van der Waals surface area contributed by atoms with Crippen molar-refractivity contribution in [2.24, 2.45) is 5.92 Å². The fraction of sp³-hybridized carbons (Fsp3) is 0.600. The highest BCUT2D eigenvalue weighted by atomic mass is 16.2. The number of hydrogen-bond acceptors (Lipinski definition) is 2. The Morgan fingerprint density at radius 2 is 2.32 bits per heavy atom. The molecule has 0 N–H and O–H groups in total. The summed E-state index contributed by atoms with van der Waals surface area (Å²) in [4.78, 5) is 20.5. The summed E-state index contributed by atoms with van der Waals surface area (Å²) in [7, 11) is 1.85. The number of aromatic nitrogens is 1. The summed E-state index contributed by atoms with van der Waals surface area (Å²) in [5, 5.41) is 0. The fourth-order valence-corrected chi connectivity index (χ4v) is 2.60. The average molecular weight is 261 g/mol. The predicted octanol–water partition coefficient (Wildman–Crippen LogP) is 2.67. The molecule has 1 aliphatic rings. The van der Waals surface area contributed by atoms with Crippen LogP contribution in [-0.2, 0) is 6.54 Å². The van der Waals surface area contributed by atoms with Gasteiger partial charge in [0, 0.05) is 25.8 Å². The van der Waals surface area contributed by atoms with E-state index in [1.165, 1.54) is 6.42 Å². The minimum atomic E-state index is 0.120. The predicted molar refractivity (Wildman–Crippen MR) is 75.8 cm³/mol. The van der Waals surface area contributed by atoms with Crippen LogP contribution in [0.25, 0.3) is 0 Å². The first-order valence-electron chi connectivity index (χ1n) is 6.99. The zero-order valence-corrected chi connectivity index (χ0v) is 12.1. The van der Waals surface area contributed by atoms with Gasteiger partial charge in [0.25, 0.3) is 0 Å². The molecule has 0 aromatic carbocycles. The van der Waals surface area contributed by atoms with Crippen molar-refractivity contribution >= 4 is 6.03 Å². The average Bonchev–Trinajstić information content (AvgIpc) is 2.38. The molecule has 1 aliphatic heterocycles. The van der Waals surface area contributed by atoms with Gasteiger partial charge in [-0.25, -0.2) is 4.79 Å². The number of carbonyl (C=O) groups is 1. The molecule has 1 atom stereocenters. The van der Waals surface area contributed by atoms with Gasteiger partial charge in [0.15, 0.2) is 0 Å². The van der Waals surface area contributed by atoms with Crippen LogP contribution >= 0.6 is 0 Å². The Bertz CT molecular complexity index is 447. The summed E-state index contributed by atoms with van der Waals surface area (Å²) in [6, 6.07) is 6.04. The Morgan fingerprint density at radius 3 is 3.00 bits per heavy atom. The Kier molecular flexibility index (Phi) is 4.40. The SMILES string of the molecule is Cc1cccc(CN(C)C(=O)N2CCCC(C)C2)n1. The Morgan fingerprint density at radius 1 is 1.53 bits per heavy atom. The molecule has 1 saturated heterocycles. The molecule has 0 saturated carbocycles. The number of hydrogen-bond donors (Lipinski definition) is 0. The molecule has 104 valence electrons. The molecule has 19 heavy (non-hydrogen) atoms. The molecule has 0 bridgehead atoms. The number of amides is 2.